The molecule has 3 nitrogen and oxygen atoms in total. The molecule has 2 aromatic rings. The molecule has 6 heteroatoms. The number of aliphatic hydroxyl groups is 1. The van der Waals surface area contributed by atoms with Crippen molar-refractivity contribution in [3.8, 4) is 0 Å². The lowest BCUT2D eigenvalue weighted by Crippen LogP contribution is -2.03. The average Bonchev–Trinajstić information content (AvgIpc) is 2.54. The smallest absolute Gasteiger partial charge is 0.130 e. The molecular formula is C13H13Cl3N2O. The first-order valence-corrected chi connectivity index (χ1v) is 6.84. The molecule has 1 aromatic carbocycles. The van der Waals surface area contributed by atoms with Crippen LogP contribution in [0.25, 0.3) is 0 Å². The van der Waals surface area contributed by atoms with Crippen LogP contribution in [0.1, 0.15) is 22.9 Å². The van der Waals surface area contributed by atoms with Gasteiger partial charge in [0.2, 0.25) is 0 Å². The Bertz CT molecular complexity index is 590. The summed E-state index contributed by atoms with van der Waals surface area (Å²) in [6.45, 7) is 1.86. The second kappa shape index (κ2) is 5.71. The second-order valence-electron chi connectivity index (χ2n) is 4.40. The molecule has 0 fully saturated rings. The molecule has 1 N–H and O–H groups in total. The summed E-state index contributed by atoms with van der Waals surface area (Å²) in [5.74, 6) is 0. The van der Waals surface area contributed by atoms with Crippen LogP contribution in [-0.4, -0.2) is 14.9 Å². The van der Waals surface area contributed by atoms with Crippen molar-refractivity contribution in [2.75, 3.05) is 0 Å². The number of rotatable bonds is 3. The van der Waals surface area contributed by atoms with Crippen LogP contribution in [0, 0.1) is 6.92 Å². The molecule has 0 aliphatic heterocycles. The average molecular weight is 320 g/mol. The predicted molar refractivity (Wildman–Crippen MR) is 78.1 cm³/mol. The van der Waals surface area contributed by atoms with Crippen molar-refractivity contribution >= 4 is 34.8 Å². The maximum atomic E-state index is 10.3. The van der Waals surface area contributed by atoms with Gasteiger partial charge in [-0.3, -0.25) is 4.68 Å². The summed E-state index contributed by atoms with van der Waals surface area (Å²) in [6.07, 6.45) is -0.355. The van der Waals surface area contributed by atoms with Crippen LogP contribution in [0.3, 0.4) is 0 Å². The molecular weight excluding hydrogens is 307 g/mol. The fraction of sp³-hybridized carbons (Fsp3) is 0.308. The van der Waals surface area contributed by atoms with Gasteiger partial charge in [-0.25, -0.2) is 0 Å². The van der Waals surface area contributed by atoms with Crippen molar-refractivity contribution in [2.24, 2.45) is 7.05 Å². The molecule has 0 bridgehead atoms. The van der Waals surface area contributed by atoms with Gasteiger partial charge in [0.15, 0.2) is 0 Å². The SMILES string of the molecule is Cc1nn(C)c(Cl)c1CC(O)c1cc(Cl)cc(Cl)c1. The summed E-state index contributed by atoms with van der Waals surface area (Å²) in [5.41, 5.74) is 2.30. The topological polar surface area (TPSA) is 38.0 Å². The molecule has 0 saturated carbocycles. The summed E-state index contributed by atoms with van der Waals surface area (Å²) in [5, 5.41) is 16.0. The van der Waals surface area contributed by atoms with Gasteiger partial charge in [0, 0.05) is 29.1 Å². The van der Waals surface area contributed by atoms with Gasteiger partial charge in [-0.05, 0) is 30.7 Å². The summed E-state index contributed by atoms with van der Waals surface area (Å²) in [7, 11) is 1.77. The summed E-state index contributed by atoms with van der Waals surface area (Å²) in [4.78, 5) is 0. The van der Waals surface area contributed by atoms with Crippen molar-refractivity contribution in [1.82, 2.24) is 9.78 Å². The fourth-order valence-corrected chi connectivity index (χ4v) is 2.78. The summed E-state index contributed by atoms with van der Waals surface area (Å²) >= 11 is 18.0. The van der Waals surface area contributed by atoms with E-state index in [0.717, 1.165) is 11.3 Å². The van der Waals surface area contributed by atoms with Gasteiger partial charge in [-0.1, -0.05) is 34.8 Å². The van der Waals surface area contributed by atoms with E-state index in [1.54, 1.807) is 29.9 Å². The Hall–Kier alpha value is -0.740. The minimum absolute atomic E-state index is 0.370. The van der Waals surface area contributed by atoms with Gasteiger partial charge in [0.1, 0.15) is 5.15 Å². The van der Waals surface area contributed by atoms with Gasteiger partial charge in [0.25, 0.3) is 0 Å². The van der Waals surface area contributed by atoms with Crippen LogP contribution in [0.4, 0.5) is 0 Å². The van der Waals surface area contributed by atoms with E-state index in [9.17, 15) is 5.11 Å². The van der Waals surface area contributed by atoms with Gasteiger partial charge in [-0.2, -0.15) is 5.10 Å². The molecule has 0 aliphatic rings. The van der Waals surface area contributed by atoms with Crippen molar-refractivity contribution < 1.29 is 5.11 Å². The highest BCUT2D eigenvalue weighted by Gasteiger charge is 2.17. The van der Waals surface area contributed by atoms with Gasteiger partial charge in [-0.15, -0.1) is 0 Å². The van der Waals surface area contributed by atoms with E-state index in [4.69, 9.17) is 34.8 Å². The summed E-state index contributed by atoms with van der Waals surface area (Å²) < 4.78 is 1.59. The van der Waals surface area contributed by atoms with E-state index in [1.807, 2.05) is 6.92 Å². The van der Waals surface area contributed by atoms with Gasteiger partial charge >= 0.3 is 0 Å². The number of hydrogen-bond acceptors (Lipinski definition) is 2. The van der Waals surface area contributed by atoms with Crippen molar-refractivity contribution in [2.45, 2.75) is 19.4 Å². The van der Waals surface area contributed by atoms with E-state index in [2.05, 4.69) is 5.10 Å². The van der Waals surface area contributed by atoms with E-state index in [-0.39, 0.29) is 0 Å². The lowest BCUT2D eigenvalue weighted by atomic mass is 10.0. The predicted octanol–water partition coefficient (Wildman–Crippen LogP) is 3.96. The fourth-order valence-electron chi connectivity index (χ4n) is 1.98. The Morgan fingerprint density at radius 3 is 2.26 bits per heavy atom. The number of aryl methyl sites for hydroxylation is 2. The summed E-state index contributed by atoms with van der Waals surface area (Å²) in [6, 6.07) is 5.01. The Morgan fingerprint density at radius 1 is 1.21 bits per heavy atom. The zero-order valence-electron chi connectivity index (χ0n) is 10.5. The highest BCUT2D eigenvalue weighted by atomic mass is 35.5. The first-order chi connectivity index (χ1) is 8.88. The Morgan fingerprint density at radius 2 is 1.79 bits per heavy atom. The molecule has 0 spiro atoms. The van der Waals surface area contributed by atoms with Crippen molar-refractivity contribution in [3.05, 3.63) is 50.2 Å². The van der Waals surface area contributed by atoms with Crippen LogP contribution in [0.5, 0.6) is 0 Å². The van der Waals surface area contributed by atoms with Crippen LogP contribution < -0.4 is 0 Å². The number of benzene rings is 1. The zero-order valence-corrected chi connectivity index (χ0v) is 12.8. The standard InChI is InChI=1S/C13H13Cl3N2O/c1-7-11(13(16)18(2)17-7)6-12(19)8-3-9(14)5-10(15)4-8/h3-5,12,19H,6H2,1-2H3. The van der Waals surface area contributed by atoms with Crippen LogP contribution in [-0.2, 0) is 13.5 Å². The monoisotopic (exact) mass is 318 g/mol. The van der Waals surface area contributed by atoms with Crippen LogP contribution >= 0.6 is 34.8 Å². The molecule has 1 aromatic heterocycles. The Kier molecular flexibility index (Phi) is 4.41. The minimum Gasteiger partial charge on any atom is -0.388 e. The zero-order chi connectivity index (χ0) is 14.2. The van der Waals surface area contributed by atoms with E-state index in [1.165, 1.54) is 0 Å². The third kappa shape index (κ3) is 3.23. The molecule has 0 radical (unpaired) electrons. The van der Waals surface area contributed by atoms with Crippen molar-refractivity contribution in [3.63, 3.8) is 0 Å². The van der Waals surface area contributed by atoms with Crippen molar-refractivity contribution in [1.29, 1.82) is 0 Å². The maximum Gasteiger partial charge on any atom is 0.130 e. The van der Waals surface area contributed by atoms with Gasteiger partial charge in [0.05, 0.1) is 11.8 Å². The van der Waals surface area contributed by atoms with E-state index < -0.39 is 6.10 Å². The molecule has 2 rings (SSSR count). The first kappa shape index (κ1) is 14.7. The molecule has 1 atom stereocenters. The minimum atomic E-state index is -0.725. The number of halogens is 3. The molecule has 0 aliphatic carbocycles. The number of aromatic nitrogens is 2. The molecule has 0 saturated heterocycles. The number of nitrogens with zero attached hydrogens (tertiary/aromatic N) is 2. The molecule has 1 unspecified atom stereocenters. The third-order valence-corrected chi connectivity index (χ3v) is 3.85. The second-order valence-corrected chi connectivity index (χ2v) is 5.63. The van der Waals surface area contributed by atoms with Crippen LogP contribution in [0.15, 0.2) is 18.2 Å². The lowest BCUT2D eigenvalue weighted by Gasteiger charge is -2.12. The highest BCUT2D eigenvalue weighted by Crippen LogP contribution is 2.28. The van der Waals surface area contributed by atoms with Gasteiger partial charge < -0.3 is 5.11 Å². The third-order valence-electron chi connectivity index (χ3n) is 2.94. The number of aliphatic hydroxyl groups excluding tert-OH is 1. The normalized spacial score (nSPS) is 12.7. The quantitative estimate of drug-likeness (QED) is 0.929. The van der Waals surface area contributed by atoms with E-state index >= 15 is 0 Å². The first-order valence-electron chi connectivity index (χ1n) is 5.70. The van der Waals surface area contributed by atoms with E-state index in [0.29, 0.717) is 27.2 Å². The largest absolute Gasteiger partial charge is 0.388 e. The molecule has 0 amide bonds. The Labute approximate surface area is 126 Å². The lowest BCUT2D eigenvalue weighted by molar-refractivity contribution is 0.178. The maximum absolute atomic E-state index is 10.3. The number of hydrogen-bond donors (Lipinski definition) is 1. The molecule has 102 valence electrons. The molecule has 19 heavy (non-hydrogen) atoms. The highest BCUT2D eigenvalue weighted by molar-refractivity contribution is 6.34. The Balaban J connectivity index is 2.27. The molecule has 1 heterocycles. The van der Waals surface area contributed by atoms with Crippen LogP contribution in [0.2, 0.25) is 15.2 Å².